The maximum absolute atomic E-state index is 10.7. The van der Waals surface area contributed by atoms with E-state index in [9.17, 15) is 10.1 Å². The molecule has 4 rings (SSSR count). The van der Waals surface area contributed by atoms with Gasteiger partial charge in [-0.1, -0.05) is 30.3 Å². The lowest BCUT2D eigenvalue weighted by Gasteiger charge is -2.26. The van der Waals surface area contributed by atoms with Crippen molar-refractivity contribution in [2.45, 2.75) is 6.54 Å². The molecule has 0 atom stereocenters. The van der Waals surface area contributed by atoms with Crippen molar-refractivity contribution in [3.05, 3.63) is 82.4 Å². The second kappa shape index (κ2) is 7.25. The Labute approximate surface area is 156 Å². The minimum Gasteiger partial charge on any atom is -0.366 e. The summed E-state index contributed by atoms with van der Waals surface area (Å²) < 4.78 is 0. The zero-order valence-electron chi connectivity index (χ0n) is 14.4. The van der Waals surface area contributed by atoms with Crippen LogP contribution in [0.3, 0.4) is 0 Å². The summed E-state index contributed by atoms with van der Waals surface area (Å²) in [7, 11) is 0. The molecular weight excluding hydrogens is 342 g/mol. The number of aromatic nitrogens is 1. The van der Waals surface area contributed by atoms with Gasteiger partial charge in [0.2, 0.25) is 0 Å². The smallest absolute Gasteiger partial charge is 0.269 e. The highest BCUT2D eigenvalue weighted by atomic mass is 16.6. The van der Waals surface area contributed by atoms with Crippen molar-refractivity contribution in [2.75, 3.05) is 16.8 Å². The molecule has 1 aliphatic rings. The van der Waals surface area contributed by atoms with Crippen LogP contribution in [-0.4, -0.2) is 22.7 Å². The molecule has 1 N–H and O–H groups in total. The Morgan fingerprint density at radius 1 is 1.04 bits per heavy atom. The first-order valence-corrected chi connectivity index (χ1v) is 8.54. The fourth-order valence-electron chi connectivity index (χ4n) is 2.91. The summed E-state index contributed by atoms with van der Waals surface area (Å²) in [6, 6.07) is 20.4. The van der Waals surface area contributed by atoms with Crippen LogP contribution in [0.1, 0.15) is 5.56 Å². The molecule has 0 saturated heterocycles. The Balaban J connectivity index is 1.53. The highest BCUT2D eigenvalue weighted by Crippen LogP contribution is 2.35. The van der Waals surface area contributed by atoms with Gasteiger partial charge in [-0.05, 0) is 29.8 Å². The van der Waals surface area contributed by atoms with Crippen LogP contribution in [0.2, 0.25) is 0 Å². The number of anilines is 3. The van der Waals surface area contributed by atoms with E-state index in [4.69, 9.17) is 4.98 Å². The van der Waals surface area contributed by atoms with Crippen LogP contribution < -0.4 is 10.2 Å². The van der Waals surface area contributed by atoms with Crippen molar-refractivity contribution >= 4 is 34.9 Å². The van der Waals surface area contributed by atoms with E-state index in [1.54, 1.807) is 12.1 Å². The van der Waals surface area contributed by atoms with E-state index in [1.165, 1.54) is 12.1 Å². The second-order valence-corrected chi connectivity index (χ2v) is 6.07. The summed E-state index contributed by atoms with van der Waals surface area (Å²) in [6.45, 7) is 1.19. The third kappa shape index (κ3) is 3.62. The van der Waals surface area contributed by atoms with Crippen LogP contribution in [0.5, 0.6) is 0 Å². The number of hydrogen-bond donors (Lipinski definition) is 1. The SMILES string of the molecule is O=[N+]([O-])c1ccc(CNc2ccc3c(n2)N(c2ccccc2)CC=N3)cc1. The molecule has 134 valence electrons. The zero-order chi connectivity index (χ0) is 18.6. The Morgan fingerprint density at radius 3 is 2.56 bits per heavy atom. The lowest BCUT2D eigenvalue weighted by molar-refractivity contribution is -0.384. The molecule has 7 nitrogen and oxygen atoms in total. The zero-order valence-corrected chi connectivity index (χ0v) is 14.4. The Bertz CT molecular complexity index is 987. The summed E-state index contributed by atoms with van der Waals surface area (Å²) in [5, 5.41) is 14.0. The van der Waals surface area contributed by atoms with Crippen molar-refractivity contribution < 1.29 is 4.92 Å². The molecule has 0 saturated carbocycles. The van der Waals surface area contributed by atoms with Crippen molar-refractivity contribution in [1.82, 2.24) is 4.98 Å². The average molecular weight is 359 g/mol. The summed E-state index contributed by atoms with van der Waals surface area (Å²) in [6.07, 6.45) is 1.88. The number of fused-ring (bicyclic) bond motifs is 1. The van der Waals surface area contributed by atoms with Crippen LogP contribution in [0.25, 0.3) is 0 Å². The standard InChI is InChI=1S/C20H17N5O2/c26-25(27)17-8-6-15(7-9-17)14-22-19-11-10-18-20(23-19)24(13-12-21-18)16-4-2-1-3-5-16/h1-12H,13-14H2,(H,22,23). The molecule has 3 aromatic rings. The fourth-order valence-corrected chi connectivity index (χ4v) is 2.91. The number of pyridine rings is 1. The van der Waals surface area contributed by atoms with Gasteiger partial charge in [0.05, 0.1) is 11.5 Å². The largest absolute Gasteiger partial charge is 0.366 e. The molecule has 0 bridgehead atoms. The molecule has 0 fully saturated rings. The quantitative estimate of drug-likeness (QED) is 0.537. The molecule has 2 aromatic carbocycles. The number of non-ortho nitro benzene ring substituents is 1. The molecule has 1 aromatic heterocycles. The second-order valence-electron chi connectivity index (χ2n) is 6.07. The van der Waals surface area contributed by atoms with Crippen LogP contribution in [0.4, 0.5) is 28.7 Å². The number of nitrogens with one attached hydrogen (secondary N) is 1. The first-order chi connectivity index (χ1) is 13.2. The highest BCUT2D eigenvalue weighted by molar-refractivity contribution is 5.85. The van der Waals surface area contributed by atoms with E-state index in [2.05, 4.69) is 15.2 Å². The molecule has 1 aliphatic heterocycles. The summed E-state index contributed by atoms with van der Waals surface area (Å²) >= 11 is 0. The molecule has 2 heterocycles. The third-order valence-electron chi connectivity index (χ3n) is 4.29. The molecule has 0 unspecified atom stereocenters. The highest BCUT2D eigenvalue weighted by Gasteiger charge is 2.18. The predicted molar refractivity (Wildman–Crippen MR) is 106 cm³/mol. The maximum Gasteiger partial charge on any atom is 0.269 e. The van der Waals surface area contributed by atoms with Crippen molar-refractivity contribution in [2.24, 2.45) is 4.99 Å². The number of nitrogens with zero attached hydrogens (tertiary/aromatic N) is 4. The molecule has 7 heteroatoms. The van der Waals surface area contributed by atoms with Gasteiger partial charge in [0, 0.05) is 30.6 Å². The maximum atomic E-state index is 10.7. The number of aliphatic imine (C=N–C) groups is 1. The number of nitro benzene ring substituents is 1. The van der Waals surface area contributed by atoms with E-state index in [1.807, 2.05) is 48.7 Å². The van der Waals surface area contributed by atoms with Gasteiger partial charge in [0.25, 0.3) is 5.69 Å². The van der Waals surface area contributed by atoms with E-state index in [-0.39, 0.29) is 5.69 Å². The van der Waals surface area contributed by atoms with Gasteiger partial charge in [-0.25, -0.2) is 4.98 Å². The first-order valence-electron chi connectivity index (χ1n) is 8.54. The van der Waals surface area contributed by atoms with Gasteiger partial charge in [-0.15, -0.1) is 0 Å². The molecule has 27 heavy (non-hydrogen) atoms. The lowest BCUT2D eigenvalue weighted by atomic mass is 10.2. The summed E-state index contributed by atoms with van der Waals surface area (Å²) in [4.78, 5) is 21.6. The topological polar surface area (TPSA) is 83.7 Å². The van der Waals surface area contributed by atoms with Gasteiger partial charge >= 0.3 is 0 Å². The Morgan fingerprint density at radius 2 is 1.81 bits per heavy atom. The van der Waals surface area contributed by atoms with E-state index >= 15 is 0 Å². The lowest BCUT2D eigenvalue weighted by Crippen LogP contribution is -2.23. The number of benzene rings is 2. The number of rotatable bonds is 5. The number of nitro groups is 1. The summed E-state index contributed by atoms with van der Waals surface area (Å²) in [5.41, 5.74) is 2.91. The van der Waals surface area contributed by atoms with Crippen molar-refractivity contribution in [3.8, 4) is 0 Å². The molecular formula is C20H17N5O2. The minimum absolute atomic E-state index is 0.0852. The van der Waals surface area contributed by atoms with Crippen LogP contribution in [0, 0.1) is 10.1 Å². The van der Waals surface area contributed by atoms with Gasteiger partial charge in [0.15, 0.2) is 5.82 Å². The average Bonchev–Trinajstić information content (AvgIpc) is 2.72. The van der Waals surface area contributed by atoms with Crippen molar-refractivity contribution in [1.29, 1.82) is 0 Å². The third-order valence-corrected chi connectivity index (χ3v) is 4.29. The number of hydrogen-bond acceptors (Lipinski definition) is 6. The van der Waals surface area contributed by atoms with Gasteiger partial charge in [0.1, 0.15) is 11.5 Å². The minimum atomic E-state index is -0.402. The van der Waals surface area contributed by atoms with Crippen LogP contribution >= 0.6 is 0 Å². The van der Waals surface area contributed by atoms with E-state index < -0.39 is 4.92 Å². The molecule has 0 radical (unpaired) electrons. The summed E-state index contributed by atoms with van der Waals surface area (Å²) in [5.74, 6) is 1.53. The molecule has 0 aliphatic carbocycles. The van der Waals surface area contributed by atoms with Gasteiger partial charge in [-0.3, -0.25) is 15.1 Å². The Hall–Kier alpha value is -3.74. The molecule has 0 spiro atoms. The number of para-hydroxylation sites is 1. The monoisotopic (exact) mass is 359 g/mol. The van der Waals surface area contributed by atoms with Gasteiger partial charge < -0.3 is 10.2 Å². The van der Waals surface area contributed by atoms with E-state index in [0.717, 1.165) is 28.6 Å². The first kappa shape index (κ1) is 16.7. The fraction of sp³-hybridized carbons (Fsp3) is 0.100. The van der Waals surface area contributed by atoms with Crippen molar-refractivity contribution in [3.63, 3.8) is 0 Å². The molecule has 0 amide bonds. The van der Waals surface area contributed by atoms with Crippen LogP contribution in [-0.2, 0) is 6.54 Å². The normalized spacial score (nSPS) is 12.5. The van der Waals surface area contributed by atoms with Crippen LogP contribution in [0.15, 0.2) is 71.7 Å². The van der Waals surface area contributed by atoms with Gasteiger partial charge in [-0.2, -0.15) is 0 Å². The predicted octanol–water partition coefficient (Wildman–Crippen LogP) is 4.46. The van der Waals surface area contributed by atoms with E-state index in [0.29, 0.717) is 13.1 Å². The Kier molecular flexibility index (Phi) is 4.49.